The molecule has 2 rings (SSSR count). The predicted molar refractivity (Wildman–Crippen MR) is 75.1 cm³/mol. The van der Waals surface area contributed by atoms with Crippen LogP contribution in [0.3, 0.4) is 0 Å². The highest BCUT2D eigenvalue weighted by molar-refractivity contribution is 7.92. The van der Waals surface area contributed by atoms with Gasteiger partial charge in [-0.25, -0.2) is 8.42 Å². The van der Waals surface area contributed by atoms with Crippen LogP contribution in [0, 0.1) is 0 Å². The van der Waals surface area contributed by atoms with E-state index in [1.165, 1.54) is 18.2 Å². The number of hydrogen-bond acceptors (Lipinski definition) is 5. The highest BCUT2D eigenvalue weighted by Crippen LogP contribution is 2.37. The van der Waals surface area contributed by atoms with E-state index >= 15 is 0 Å². The number of anilines is 1. The Morgan fingerprint density at radius 3 is 2.27 bits per heavy atom. The summed E-state index contributed by atoms with van der Waals surface area (Å²) < 4.78 is 61.7. The molecule has 1 aromatic rings. The smallest absolute Gasteiger partial charge is 0.394 e. The Bertz CT molecular complexity index is 638. The fraction of sp³-hybridized carbons (Fsp3) is 0.538. The first-order valence-corrected chi connectivity index (χ1v) is 8.14. The summed E-state index contributed by atoms with van der Waals surface area (Å²) in [6.07, 6.45) is 0.730. The van der Waals surface area contributed by atoms with Gasteiger partial charge in [-0.05, 0) is 25.0 Å². The molecule has 0 aliphatic carbocycles. The van der Waals surface area contributed by atoms with Crippen molar-refractivity contribution in [2.24, 2.45) is 5.73 Å². The number of aliphatic hydroxyl groups is 1. The van der Waals surface area contributed by atoms with Crippen LogP contribution in [0.5, 0.6) is 0 Å². The molecular formula is C13H17F3N2O3S. The number of piperidine rings is 1. The third-order valence-corrected chi connectivity index (χ3v) is 5.41. The number of sulfone groups is 1. The van der Waals surface area contributed by atoms with Gasteiger partial charge >= 0.3 is 5.51 Å². The van der Waals surface area contributed by atoms with Crippen LogP contribution in [0.1, 0.15) is 12.8 Å². The maximum absolute atomic E-state index is 12.8. The summed E-state index contributed by atoms with van der Waals surface area (Å²) in [6, 6.07) is 5.05. The number of nitrogens with two attached hydrogens (primary N) is 1. The summed E-state index contributed by atoms with van der Waals surface area (Å²) in [6.45, 7) is 0.340. The minimum absolute atomic E-state index is 0.0137. The number of benzene rings is 1. The van der Waals surface area contributed by atoms with Gasteiger partial charge in [-0.2, -0.15) is 13.2 Å². The fourth-order valence-corrected chi connectivity index (χ4v) is 3.40. The molecular weight excluding hydrogens is 321 g/mol. The highest BCUT2D eigenvalue weighted by Gasteiger charge is 2.48. The van der Waals surface area contributed by atoms with Gasteiger partial charge in [0.1, 0.15) is 0 Å². The molecule has 0 atom stereocenters. The second kappa shape index (κ2) is 5.71. The molecule has 1 saturated heterocycles. The van der Waals surface area contributed by atoms with Gasteiger partial charge in [-0.1, -0.05) is 12.1 Å². The number of halogens is 3. The number of hydrogen-bond donors (Lipinski definition) is 2. The SMILES string of the molecule is NC1(CO)CCN(c2ccccc2S(=O)(=O)C(F)(F)F)CC1. The zero-order valence-corrected chi connectivity index (χ0v) is 12.5. The summed E-state index contributed by atoms with van der Waals surface area (Å²) in [5, 5.41) is 9.21. The van der Waals surface area contributed by atoms with Crippen molar-refractivity contribution in [3.8, 4) is 0 Å². The summed E-state index contributed by atoms with van der Waals surface area (Å²) >= 11 is 0. The molecule has 5 nitrogen and oxygen atoms in total. The summed E-state index contributed by atoms with van der Waals surface area (Å²) in [5.41, 5.74) is -0.185. The van der Waals surface area contributed by atoms with Gasteiger partial charge in [-0.3, -0.25) is 0 Å². The molecule has 1 heterocycles. The Kier molecular flexibility index (Phi) is 4.42. The molecule has 9 heteroatoms. The van der Waals surface area contributed by atoms with Crippen LogP contribution in [0.2, 0.25) is 0 Å². The van der Waals surface area contributed by atoms with E-state index in [1.807, 2.05) is 0 Å². The predicted octanol–water partition coefficient (Wildman–Crippen LogP) is 1.27. The third kappa shape index (κ3) is 3.06. The van der Waals surface area contributed by atoms with E-state index in [1.54, 1.807) is 4.90 Å². The Balaban J connectivity index is 2.36. The molecule has 1 aliphatic heterocycles. The largest absolute Gasteiger partial charge is 0.501 e. The fourth-order valence-electron chi connectivity index (χ4n) is 2.42. The molecule has 124 valence electrons. The molecule has 1 fully saturated rings. The molecule has 1 aromatic carbocycles. The molecule has 22 heavy (non-hydrogen) atoms. The van der Waals surface area contributed by atoms with Crippen molar-refractivity contribution in [1.29, 1.82) is 0 Å². The Labute approximate surface area is 126 Å². The Hall–Kier alpha value is -1.32. The lowest BCUT2D eigenvalue weighted by atomic mass is 9.89. The molecule has 0 saturated carbocycles. The van der Waals surface area contributed by atoms with Crippen molar-refractivity contribution >= 4 is 15.5 Å². The molecule has 0 bridgehead atoms. The zero-order chi connectivity index (χ0) is 16.6. The van der Waals surface area contributed by atoms with Crippen LogP contribution in [-0.4, -0.2) is 44.3 Å². The zero-order valence-electron chi connectivity index (χ0n) is 11.7. The molecule has 3 N–H and O–H groups in total. The van der Waals surface area contributed by atoms with Gasteiger partial charge in [0, 0.05) is 18.6 Å². The van der Waals surface area contributed by atoms with Crippen molar-refractivity contribution in [2.45, 2.75) is 28.8 Å². The Morgan fingerprint density at radius 1 is 1.23 bits per heavy atom. The lowest BCUT2D eigenvalue weighted by Crippen LogP contribution is -2.53. The van der Waals surface area contributed by atoms with Crippen molar-refractivity contribution in [3.63, 3.8) is 0 Å². The van der Waals surface area contributed by atoms with E-state index in [4.69, 9.17) is 5.73 Å². The van der Waals surface area contributed by atoms with Crippen LogP contribution in [0.4, 0.5) is 18.9 Å². The standard InChI is InChI=1S/C13H17F3N2O3S/c14-13(15,16)22(20,21)11-4-2-1-3-10(11)18-7-5-12(17,9-19)6-8-18/h1-4,19H,5-9,17H2. The van der Waals surface area contributed by atoms with E-state index in [-0.39, 0.29) is 25.4 Å². The summed E-state index contributed by atoms with van der Waals surface area (Å²) in [4.78, 5) is 0.801. The second-order valence-electron chi connectivity index (χ2n) is 5.42. The van der Waals surface area contributed by atoms with Crippen molar-refractivity contribution in [3.05, 3.63) is 24.3 Å². The van der Waals surface area contributed by atoms with Crippen LogP contribution in [-0.2, 0) is 9.84 Å². The van der Waals surface area contributed by atoms with Crippen molar-refractivity contribution in [2.75, 3.05) is 24.6 Å². The van der Waals surface area contributed by atoms with E-state index < -0.39 is 25.8 Å². The monoisotopic (exact) mass is 338 g/mol. The van der Waals surface area contributed by atoms with E-state index in [9.17, 15) is 26.7 Å². The van der Waals surface area contributed by atoms with Crippen LogP contribution in [0.15, 0.2) is 29.2 Å². The summed E-state index contributed by atoms with van der Waals surface area (Å²) in [5.74, 6) is 0. The quantitative estimate of drug-likeness (QED) is 0.867. The lowest BCUT2D eigenvalue weighted by Gasteiger charge is -2.39. The Morgan fingerprint density at radius 2 is 1.77 bits per heavy atom. The number of aliphatic hydroxyl groups excluding tert-OH is 1. The average Bonchev–Trinajstić information content (AvgIpc) is 2.47. The number of rotatable bonds is 3. The van der Waals surface area contributed by atoms with Gasteiger partial charge in [0.05, 0.1) is 17.2 Å². The number of para-hydroxylation sites is 1. The molecule has 0 spiro atoms. The van der Waals surface area contributed by atoms with Gasteiger partial charge in [0.15, 0.2) is 0 Å². The van der Waals surface area contributed by atoms with Gasteiger partial charge in [0.2, 0.25) is 0 Å². The van der Waals surface area contributed by atoms with Crippen LogP contribution < -0.4 is 10.6 Å². The molecule has 0 aromatic heterocycles. The van der Waals surface area contributed by atoms with Gasteiger partial charge < -0.3 is 15.7 Å². The van der Waals surface area contributed by atoms with Crippen LogP contribution in [0.25, 0.3) is 0 Å². The molecule has 0 unspecified atom stereocenters. The molecule has 0 amide bonds. The van der Waals surface area contributed by atoms with Crippen molar-refractivity contribution in [1.82, 2.24) is 0 Å². The van der Waals surface area contributed by atoms with Crippen molar-refractivity contribution < 1.29 is 26.7 Å². The first kappa shape index (κ1) is 17.0. The third-order valence-electron chi connectivity index (χ3n) is 3.87. The minimum atomic E-state index is -5.41. The average molecular weight is 338 g/mol. The first-order chi connectivity index (χ1) is 10.1. The normalized spacial score (nSPS) is 19.2. The minimum Gasteiger partial charge on any atom is -0.394 e. The maximum atomic E-state index is 12.8. The van der Waals surface area contributed by atoms with Gasteiger partial charge in [0.25, 0.3) is 9.84 Å². The van der Waals surface area contributed by atoms with E-state index in [0.29, 0.717) is 12.8 Å². The topological polar surface area (TPSA) is 83.6 Å². The molecule has 1 aliphatic rings. The van der Waals surface area contributed by atoms with E-state index in [2.05, 4.69) is 0 Å². The first-order valence-electron chi connectivity index (χ1n) is 6.66. The lowest BCUT2D eigenvalue weighted by molar-refractivity contribution is -0.0435. The van der Waals surface area contributed by atoms with E-state index in [0.717, 1.165) is 6.07 Å². The highest BCUT2D eigenvalue weighted by atomic mass is 32.2. The molecule has 0 radical (unpaired) electrons. The summed E-state index contributed by atoms with van der Waals surface area (Å²) in [7, 11) is -5.41. The van der Waals surface area contributed by atoms with Crippen LogP contribution >= 0.6 is 0 Å². The second-order valence-corrected chi connectivity index (χ2v) is 7.33. The number of nitrogens with zero attached hydrogens (tertiary/aromatic N) is 1. The number of alkyl halides is 3. The maximum Gasteiger partial charge on any atom is 0.501 e. The van der Waals surface area contributed by atoms with Gasteiger partial charge in [-0.15, -0.1) is 0 Å².